The van der Waals surface area contributed by atoms with E-state index < -0.39 is 5.76 Å². The topological polar surface area (TPSA) is 58.9 Å². The van der Waals surface area contributed by atoms with Crippen LogP contribution in [0.1, 0.15) is 24.3 Å². The van der Waals surface area contributed by atoms with E-state index >= 15 is 0 Å². The van der Waals surface area contributed by atoms with Gasteiger partial charge in [-0.25, -0.2) is 4.79 Å². The number of nitrogens with one attached hydrogen (secondary N) is 1. The molecule has 1 heterocycles. The lowest BCUT2D eigenvalue weighted by molar-refractivity contribution is 0.388. The van der Waals surface area contributed by atoms with Gasteiger partial charge in [0.1, 0.15) is 0 Å². The van der Waals surface area contributed by atoms with E-state index in [1.165, 1.54) is 18.4 Å². The van der Waals surface area contributed by atoms with Crippen molar-refractivity contribution in [3.8, 4) is 11.4 Å². The Morgan fingerprint density at radius 1 is 1.27 bits per heavy atom. The van der Waals surface area contributed by atoms with E-state index in [0.717, 1.165) is 11.5 Å². The molecule has 0 amide bonds. The van der Waals surface area contributed by atoms with Crippen LogP contribution in [0.3, 0.4) is 0 Å². The van der Waals surface area contributed by atoms with Crippen LogP contribution in [0.5, 0.6) is 0 Å². The second kappa shape index (κ2) is 3.08. The first-order chi connectivity index (χ1) is 7.33. The highest BCUT2D eigenvalue weighted by Crippen LogP contribution is 2.40. The molecule has 76 valence electrons. The van der Waals surface area contributed by atoms with Crippen LogP contribution >= 0.6 is 0 Å². The van der Waals surface area contributed by atoms with Crippen LogP contribution in [-0.4, -0.2) is 10.1 Å². The van der Waals surface area contributed by atoms with Crippen molar-refractivity contribution in [3.63, 3.8) is 0 Å². The van der Waals surface area contributed by atoms with Gasteiger partial charge >= 0.3 is 5.76 Å². The monoisotopic (exact) mass is 202 g/mol. The molecule has 0 atom stereocenters. The Kier molecular flexibility index (Phi) is 1.74. The van der Waals surface area contributed by atoms with Gasteiger partial charge in [0, 0.05) is 5.56 Å². The molecule has 1 aromatic carbocycles. The summed E-state index contributed by atoms with van der Waals surface area (Å²) in [4.78, 5) is 13.3. The lowest BCUT2D eigenvalue weighted by atomic mass is 10.1. The number of H-pyrrole nitrogens is 1. The molecule has 4 nitrogen and oxygen atoms in total. The van der Waals surface area contributed by atoms with Gasteiger partial charge in [0.05, 0.1) is 0 Å². The summed E-state index contributed by atoms with van der Waals surface area (Å²) in [6.45, 7) is 0. The van der Waals surface area contributed by atoms with Crippen molar-refractivity contribution in [2.45, 2.75) is 18.8 Å². The molecule has 0 bridgehead atoms. The molecule has 0 radical (unpaired) electrons. The molecule has 4 heteroatoms. The lowest BCUT2D eigenvalue weighted by Gasteiger charge is -1.98. The fraction of sp³-hybridized carbons (Fsp3) is 0.273. The van der Waals surface area contributed by atoms with Crippen molar-refractivity contribution < 1.29 is 4.52 Å². The van der Waals surface area contributed by atoms with Crippen LogP contribution in [0.25, 0.3) is 11.4 Å². The summed E-state index contributed by atoms with van der Waals surface area (Å²) in [7, 11) is 0. The van der Waals surface area contributed by atoms with Gasteiger partial charge in [0.15, 0.2) is 5.82 Å². The van der Waals surface area contributed by atoms with Crippen molar-refractivity contribution >= 4 is 0 Å². The zero-order valence-electron chi connectivity index (χ0n) is 8.06. The first kappa shape index (κ1) is 8.47. The highest BCUT2D eigenvalue weighted by Gasteiger charge is 2.23. The van der Waals surface area contributed by atoms with Crippen molar-refractivity contribution in [2.24, 2.45) is 0 Å². The molecule has 1 N–H and O–H groups in total. The second-order valence-electron chi connectivity index (χ2n) is 3.84. The Hall–Kier alpha value is -1.84. The van der Waals surface area contributed by atoms with Crippen LogP contribution in [0.4, 0.5) is 0 Å². The normalized spacial score (nSPS) is 15.5. The summed E-state index contributed by atoms with van der Waals surface area (Å²) in [6.07, 6.45) is 2.58. The number of hydrogen-bond acceptors (Lipinski definition) is 3. The molecule has 0 aliphatic heterocycles. The summed E-state index contributed by atoms with van der Waals surface area (Å²) < 4.78 is 4.45. The van der Waals surface area contributed by atoms with Crippen LogP contribution in [-0.2, 0) is 0 Å². The minimum absolute atomic E-state index is 0.488. The molecule has 1 saturated carbocycles. The van der Waals surface area contributed by atoms with E-state index in [-0.39, 0.29) is 0 Å². The second-order valence-corrected chi connectivity index (χ2v) is 3.84. The molecule has 1 aliphatic rings. The van der Waals surface area contributed by atoms with Crippen molar-refractivity contribution in [1.82, 2.24) is 10.1 Å². The Morgan fingerprint density at radius 3 is 2.53 bits per heavy atom. The van der Waals surface area contributed by atoms with Crippen LogP contribution in [0.2, 0.25) is 0 Å². The number of nitrogens with zero attached hydrogens (tertiary/aromatic N) is 1. The van der Waals surface area contributed by atoms with E-state index in [9.17, 15) is 4.79 Å². The van der Waals surface area contributed by atoms with E-state index in [1.54, 1.807) is 0 Å². The molecule has 1 aliphatic carbocycles. The first-order valence-corrected chi connectivity index (χ1v) is 4.99. The third-order valence-corrected chi connectivity index (χ3v) is 2.67. The number of benzene rings is 1. The minimum Gasteiger partial charge on any atom is -0.296 e. The molecular weight excluding hydrogens is 192 g/mol. The summed E-state index contributed by atoms with van der Waals surface area (Å²) in [5.41, 5.74) is 2.25. The molecule has 3 rings (SSSR count). The third kappa shape index (κ3) is 1.58. The maximum absolute atomic E-state index is 10.8. The highest BCUT2D eigenvalue weighted by molar-refractivity contribution is 5.54. The molecule has 2 aromatic rings. The van der Waals surface area contributed by atoms with Gasteiger partial charge in [-0.2, -0.15) is 0 Å². The van der Waals surface area contributed by atoms with Crippen molar-refractivity contribution in [3.05, 3.63) is 40.4 Å². The van der Waals surface area contributed by atoms with Gasteiger partial charge in [-0.15, -0.1) is 0 Å². The summed E-state index contributed by atoms with van der Waals surface area (Å²) in [5.74, 6) is 0.717. The predicted octanol–water partition coefficient (Wildman–Crippen LogP) is 1.91. The van der Waals surface area contributed by atoms with Gasteiger partial charge in [0.25, 0.3) is 0 Å². The Labute approximate surface area is 85.9 Å². The number of aromatic amines is 1. The number of aromatic nitrogens is 2. The Bertz CT molecular complexity index is 520. The molecule has 15 heavy (non-hydrogen) atoms. The first-order valence-electron chi connectivity index (χ1n) is 4.99. The average molecular weight is 202 g/mol. The Morgan fingerprint density at radius 2 is 2.00 bits per heavy atom. The van der Waals surface area contributed by atoms with Gasteiger partial charge < -0.3 is 0 Å². The molecule has 1 aromatic heterocycles. The zero-order valence-corrected chi connectivity index (χ0v) is 8.06. The standard InChI is InChI=1S/C11H10N2O2/c14-11-12-10(13-15-11)9-5-3-8(4-6-9)7-1-2-7/h3-7H,1-2H2,(H,12,13,14). The molecule has 0 unspecified atom stereocenters. The summed E-state index contributed by atoms with van der Waals surface area (Å²) in [5, 5.41) is 3.63. The number of hydrogen-bond donors (Lipinski definition) is 1. The highest BCUT2D eigenvalue weighted by atomic mass is 16.5. The fourth-order valence-corrected chi connectivity index (χ4v) is 1.68. The van der Waals surface area contributed by atoms with Gasteiger partial charge in [-0.1, -0.05) is 29.4 Å². The molecule has 0 saturated heterocycles. The van der Waals surface area contributed by atoms with Crippen LogP contribution in [0, 0.1) is 0 Å². The molecule has 0 spiro atoms. The zero-order chi connectivity index (χ0) is 10.3. The van der Waals surface area contributed by atoms with Crippen LogP contribution < -0.4 is 5.76 Å². The van der Waals surface area contributed by atoms with E-state index in [0.29, 0.717) is 5.82 Å². The fourth-order valence-electron chi connectivity index (χ4n) is 1.68. The van der Waals surface area contributed by atoms with Crippen LogP contribution in [0.15, 0.2) is 33.6 Å². The van der Waals surface area contributed by atoms with E-state index in [1.807, 2.05) is 12.1 Å². The number of rotatable bonds is 2. The molecular formula is C11H10N2O2. The maximum atomic E-state index is 10.8. The predicted molar refractivity (Wildman–Crippen MR) is 54.5 cm³/mol. The van der Waals surface area contributed by atoms with Crippen molar-refractivity contribution in [2.75, 3.05) is 0 Å². The third-order valence-electron chi connectivity index (χ3n) is 2.67. The van der Waals surface area contributed by atoms with E-state index in [2.05, 4.69) is 26.8 Å². The van der Waals surface area contributed by atoms with Gasteiger partial charge in [0.2, 0.25) is 0 Å². The van der Waals surface area contributed by atoms with Gasteiger partial charge in [-0.05, 0) is 24.3 Å². The lowest BCUT2D eigenvalue weighted by Crippen LogP contribution is -1.94. The quantitative estimate of drug-likeness (QED) is 0.809. The van der Waals surface area contributed by atoms with E-state index in [4.69, 9.17) is 0 Å². The largest absolute Gasteiger partial charge is 0.439 e. The van der Waals surface area contributed by atoms with Crippen molar-refractivity contribution in [1.29, 1.82) is 0 Å². The summed E-state index contributed by atoms with van der Waals surface area (Å²) in [6, 6.07) is 8.09. The van der Waals surface area contributed by atoms with Gasteiger partial charge in [-0.3, -0.25) is 9.51 Å². The smallest absolute Gasteiger partial charge is 0.296 e. The minimum atomic E-state index is -0.517. The molecule has 1 fully saturated rings. The summed E-state index contributed by atoms with van der Waals surface area (Å²) >= 11 is 0. The maximum Gasteiger partial charge on any atom is 0.439 e. The average Bonchev–Trinajstić information content (AvgIpc) is 3.02. The Balaban J connectivity index is 1.95. The SMILES string of the molecule is O=c1[nH]c(-c2ccc(C3CC3)cc2)no1.